The quantitative estimate of drug-likeness (QED) is 0.289. The summed E-state index contributed by atoms with van der Waals surface area (Å²) < 4.78 is 0. The van der Waals surface area contributed by atoms with Crippen molar-refractivity contribution in [2.24, 2.45) is 0 Å². The molecular weight excluding hydrogens is 264 g/mol. The molecule has 0 saturated carbocycles. The van der Waals surface area contributed by atoms with Gasteiger partial charge < -0.3 is 0 Å². The third-order valence-corrected chi connectivity index (χ3v) is 4.00. The Morgan fingerprint density at radius 1 is 0.864 bits per heavy atom. The molecule has 0 fully saturated rings. The summed E-state index contributed by atoms with van der Waals surface area (Å²) in [5.74, 6) is 0.504. The predicted octanol–water partition coefficient (Wildman–Crippen LogP) is 7.77. The van der Waals surface area contributed by atoms with Gasteiger partial charge in [-0.25, -0.2) is 0 Å². The van der Waals surface area contributed by atoms with Crippen molar-refractivity contribution in [3.63, 3.8) is 0 Å². The number of allylic oxidation sites excluding steroid dienone is 1. The third kappa shape index (κ3) is 8.87. The first-order chi connectivity index (χ1) is 10.8. The van der Waals surface area contributed by atoms with E-state index in [0.29, 0.717) is 5.92 Å². The Labute approximate surface area is 139 Å². The van der Waals surface area contributed by atoms with Crippen LogP contribution in [-0.4, -0.2) is 0 Å². The van der Waals surface area contributed by atoms with Gasteiger partial charge in [-0.15, -0.1) is 6.58 Å². The highest BCUT2D eigenvalue weighted by Gasteiger charge is 2.06. The molecule has 1 atom stereocenters. The Kier molecular flexibility index (Phi) is 13.8. The first kappa shape index (κ1) is 20.7. The molecule has 0 saturated heterocycles. The zero-order valence-electron chi connectivity index (χ0n) is 15.1. The van der Waals surface area contributed by atoms with E-state index < -0.39 is 0 Å². The molecule has 124 valence electrons. The molecule has 0 spiro atoms. The van der Waals surface area contributed by atoms with Gasteiger partial charge in [-0.1, -0.05) is 109 Å². The van der Waals surface area contributed by atoms with Crippen LogP contribution in [0.5, 0.6) is 0 Å². The molecule has 0 heteroatoms. The summed E-state index contributed by atoms with van der Waals surface area (Å²) in [5.41, 5.74) is 2.57. The van der Waals surface area contributed by atoms with Crippen LogP contribution in [0.3, 0.4) is 0 Å². The zero-order valence-corrected chi connectivity index (χ0v) is 15.1. The van der Waals surface area contributed by atoms with Crippen molar-refractivity contribution < 1.29 is 0 Å². The minimum Gasteiger partial charge on any atom is -0.102 e. The maximum Gasteiger partial charge on any atom is 0.00153 e. The van der Waals surface area contributed by atoms with E-state index in [0.717, 1.165) is 0 Å². The van der Waals surface area contributed by atoms with Crippen molar-refractivity contribution in [3.05, 3.63) is 54.6 Å². The van der Waals surface area contributed by atoms with Crippen LogP contribution >= 0.6 is 0 Å². The number of unbranched alkanes of at least 4 members (excludes halogenated alkanes) is 6. The van der Waals surface area contributed by atoms with E-state index in [1.165, 1.54) is 62.5 Å². The van der Waals surface area contributed by atoms with Gasteiger partial charge in [0, 0.05) is 5.92 Å². The normalized spacial score (nSPS) is 11.2. The molecular formula is C22H36. The van der Waals surface area contributed by atoms with Gasteiger partial charge >= 0.3 is 0 Å². The van der Waals surface area contributed by atoms with Crippen LogP contribution in [0.1, 0.15) is 89.2 Å². The molecule has 0 amide bonds. The van der Waals surface area contributed by atoms with E-state index in [-0.39, 0.29) is 0 Å². The van der Waals surface area contributed by atoms with Crippen LogP contribution in [0.4, 0.5) is 0 Å². The lowest BCUT2D eigenvalue weighted by atomic mass is 9.92. The molecule has 0 radical (unpaired) electrons. The second-order valence-corrected chi connectivity index (χ2v) is 5.62. The minimum atomic E-state index is 0.504. The fraction of sp³-hybridized carbons (Fsp3) is 0.545. The van der Waals surface area contributed by atoms with Crippen LogP contribution in [0.25, 0.3) is 6.08 Å². The second-order valence-electron chi connectivity index (χ2n) is 5.62. The molecule has 22 heavy (non-hydrogen) atoms. The average molecular weight is 301 g/mol. The number of hydrogen-bond acceptors (Lipinski definition) is 0. The van der Waals surface area contributed by atoms with Gasteiger partial charge in [0.25, 0.3) is 0 Å². The van der Waals surface area contributed by atoms with Gasteiger partial charge in [0.05, 0.1) is 0 Å². The van der Waals surface area contributed by atoms with Crippen LogP contribution in [0.2, 0.25) is 0 Å². The summed E-state index contributed by atoms with van der Waals surface area (Å²) in [6.45, 7) is 14.1. The Balaban J connectivity index is 0.00000211. The van der Waals surface area contributed by atoms with Crippen molar-refractivity contribution in [2.75, 3.05) is 0 Å². The average Bonchev–Trinajstić information content (AvgIpc) is 2.59. The first-order valence-corrected chi connectivity index (χ1v) is 9.16. The summed E-state index contributed by atoms with van der Waals surface area (Å²) in [5, 5.41) is 0. The fourth-order valence-electron chi connectivity index (χ4n) is 2.62. The van der Waals surface area contributed by atoms with E-state index in [1.54, 1.807) is 0 Å². The van der Waals surface area contributed by atoms with Crippen LogP contribution in [0, 0.1) is 0 Å². The number of benzene rings is 1. The summed E-state index contributed by atoms with van der Waals surface area (Å²) in [6, 6.07) is 8.71. The summed E-state index contributed by atoms with van der Waals surface area (Å²) in [6.07, 6.45) is 14.8. The number of rotatable bonds is 11. The summed E-state index contributed by atoms with van der Waals surface area (Å²) >= 11 is 0. The molecule has 1 unspecified atom stereocenters. The number of hydrogen-bond donors (Lipinski definition) is 0. The molecule has 0 aliphatic rings. The standard InChI is InChI=1S/C20H30.C2H6/c1-4-7-8-9-10-11-12-13-19(6-3)20-16-14-18(5-2)15-17-20;1-2/h5-6,14-17,19H,2-4,7-13H2,1H3;1-2H3. The maximum absolute atomic E-state index is 4.00. The Morgan fingerprint density at radius 2 is 1.41 bits per heavy atom. The van der Waals surface area contributed by atoms with Gasteiger partial charge in [-0.05, 0) is 17.5 Å². The molecule has 0 N–H and O–H groups in total. The Bertz CT molecular complexity index is 372. The molecule has 1 rings (SSSR count). The van der Waals surface area contributed by atoms with Crippen LogP contribution < -0.4 is 0 Å². The Hall–Kier alpha value is -1.30. The molecule has 1 aromatic rings. The minimum absolute atomic E-state index is 0.504. The molecule has 0 aliphatic carbocycles. The fourth-order valence-corrected chi connectivity index (χ4v) is 2.62. The Morgan fingerprint density at radius 3 is 1.91 bits per heavy atom. The van der Waals surface area contributed by atoms with Gasteiger partial charge in [0.1, 0.15) is 0 Å². The smallest absolute Gasteiger partial charge is 0.00153 e. The van der Waals surface area contributed by atoms with E-state index >= 15 is 0 Å². The van der Waals surface area contributed by atoms with E-state index in [1.807, 2.05) is 19.9 Å². The van der Waals surface area contributed by atoms with Gasteiger partial charge in [0.15, 0.2) is 0 Å². The van der Waals surface area contributed by atoms with Crippen molar-refractivity contribution >= 4 is 6.08 Å². The molecule has 1 aromatic carbocycles. The second kappa shape index (κ2) is 14.6. The van der Waals surface area contributed by atoms with E-state index in [2.05, 4.69) is 50.4 Å². The highest BCUT2D eigenvalue weighted by atomic mass is 14.1. The maximum atomic E-state index is 4.00. The van der Waals surface area contributed by atoms with E-state index in [9.17, 15) is 0 Å². The molecule has 0 bridgehead atoms. The molecule has 0 aliphatic heterocycles. The van der Waals surface area contributed by atoms with Crippen molar-refractivity contribution in [2.45, 2.75) is 78.1 Å². The predicted molar refractivity (Wildman–Crippen MR) is 103 cm³/mol. The highest BCUT2D eigenvalue weighted by molar-refractivity contribution is 5.47. The molecule has 0 heterocycles. The van der Waals surface area contributed by atoms with Crippen molar-refractivity contribution in [1.82, 2.24) is 0 Å². The van der Waals surface area contributed by atoms with Gasteiger partial charge in [-0.3, -0.25) is 0 Å². The molecule has 0 nitrogen and oxygen atoms in total. The monoisotopic (exact) mass is 300 g/mol. The third-order valence-electron chi connectivity index (χ3n) is 4.00. The van der Waals surface area contributed by atoms with Gasteiger partial charge in [0.2, 0.25) is 0 Å². The van der Waals surface area contributed by atoms with Gasteiger partial charge in [-0.2, -0.15) is 0 Å². The van der Waals surface area contributed by atoms with Crippen molar-refractivity contribution in [3.8, 4) is 0 Å². The van der Waals surface area contributed by atoms with Crippen LogP contribution in [0.15, 0.2) is 43.5 Å². The SMILES string of the molecule is C=Cc1ccc(C(C=C)CCCCCCCCC)cc1.CC. The summed E-state index contributed by atoms with van der Waals surface area (Å²) in [4.78, 5) is 0. The zero-order chi connectivity index (χ0) is 16.6. The summed E-state index contributed by atoms with van der Waals surface area (Å²) in [7, 11) is 0. The van der Waals surface area contributed by atoms with Crippen LogP contribution in [-0.2, 0) is 0 Å². The molecule has 0 aromatic heterocycles. The van der Waals surface area contributed by atoms with E-state index in [4.69, 9.17) is 0 Å². The lowest BCUT2D eigenvalue weighted by Crippen LogP contribution is -1.95. The first-order valence-electron chi connectivity index (χ1n) is 9.16. The topological polar surface area (TPSA) is 0 Å². The lowest BCUT2D eigenvalue weighted by molar-refractivity contribution is 0.563. The van der Waals surface area contributed by atoms with Crippen molar-refractivity contribution in [1.29, 1.82) is 0 Å². The lowest BCUT2D eigenvalue weighted by Gasteiger charge is -2.13. The highest BCUT2D eigenvalue weighted by Crippen LogP contribution is 2.24. The largest absolute Gasteiger partial charge is 0.102 e.